The number of benzene rings is 1. The average molecular weight is 324 g/mol. The second-order valence-electron chi connectivity index (χ2n) is 2.82. The van der Waals surface area contributed by atoms with Gasteiger partial charge in [0.1, 0.15) is 0 Å². The third-order valence-corrected chi connectivity index (χ3v) is 2.55. The number of aliphatic hydroxyl groups excluding tert-OH is 1. The summed E-state index contributed by atoms with van der Waals surface area (Å²) in [6.07, 6.45) is -1.26. The minimum Gasteiger partial charge on any atom is -0.481 e. The van der Waals surface area contributed by atoms with Gasteiger partial charge >= 0.3 is 5.97 Å². The van der Waals surface area contributed by atoms with Crippen molar-refractivity contribution < 1.29 is 15.0 Å². The highest BCUT2D eigenvalue weighted by Crippen LogP contribution is 2.25. The van der Waals surface area contributed by atoms with Crippen LogP contribution >= 0.6 is 31.9 Å². The van der Waals surface area contributed by atoms with Gasteiger partial charge in [-0.2, -0.15) is 0 Å². The molecule has 3 nitrogen and oxygen atoms in total. The quantitative estimate of drug-likeness (QED) is 0.899. The van der Waals surface area contributed by atoms with E-state index in [-0.39, 0.29) is 6.42 Å². The zero-order valence-electron chi connectivity index (χ0n) is 7.08. The molecule has 1 aromatic carbocycles. The van der Waals surface area contributed by atoms with E-state index in [0.29, 0.717) is 5.56 Å². The van der Waals surface area contributed by atoms with E-state index in [2.05, 4.69) is 31.9 Å². The van der Waals surface area contributed by atoms with Gasteiger partial charge in [0.25, 0.3) is 0 Å². The first-order valence-corrected chi connectivity index (χ1v) is 5.43. The molecule has 0 fully saturated rings. The van der Waals surface area contributed by atoms with Gasteiger partial charge in [-0.3, -0.25) is 4.79 Å². The van der Waals surface area contributed by atoms with Crippen LogP contribution < -0.4 is 0 Å². The molecule has 1 rings (SSSR count). The lowest BCUT2D eigenvalue weighted by molar-refractivity contribution is -0.139. The molecule has 1 unspecified atom stereocenters. The maximum Gasteiger partial charge on any atom is 0.306 e. The average Bonchev–Trinajstić information content (AvgIpc) is 2.00. The Morgan fingerprint density at radius 3 is 2.21 bits per heavy atom. The Labute approximate surface area is 98.0 Å². The first-order valence-electron chi connectivity index (χ1n) is 3.85. The fourth-order valence-electron chi connectivity index (χ4n) is 1.05. The molecule has 0 aliphatic rings. The van der Waals surface area contributed by atoms with Gasteiger partial charge in [0.05, 0.1) is 12.5 Å². The number of carboxylic acids is 1. The van der Waals surface area contributed by atoms with Crippen LogP contribution in [-0.4, -0.2) is 16.2 Å². The molecular formula is C9H8Br2O3. The maximum absolute atomic E-state index is 10.4. The Morgan fingerprint density at radius 1 is 1.29 bits per heavy atom. The van der Waals surface area contributed by atoms with E-state index in [9.17, 15) is 9.90 Å². The fraction of sp³-hybridized carbons (Fsp3) is 0.222. The third-order valence-electron chi connectivity index (χ3n) is 1.64. The summed E-state index contributed by atoms with van der Waals surface area (Å²) >= 11 is 6.52. The van der Waals surface area contributed by atoms with E-state index >= 15 is 0 Å². The van der Waals surface area contributed by atoms with Crippen LogP contribution in [0.25, 0.3) is 0 Å². The molecule has 2 N–H and O–H groups in total. The van der Waals surface area contributed by atoms with Gasteiger partial charge in [0.15, 0.2) is 0 Å². The minimum atomic E-state index is -1.02. The van der Waals surface area contributed by atoms with Crippen LogP contribution in [0.4, 0.5) is 0 Å². The summed E-state index contributed by atoms with van der Waals surface area (Å²) in [7, 11) is 0. The molecular weight excluding hydrogens is 316 g/mol. The van der Waals surface area contributed by atoms with Crippen molar-refractivity contribution in [2.75, 3.05) is 0 Å². The molecule has 0 aliphatic carbocycles. The highest BCUT2D eigenvalue weighted by Gasteiger charge is 2.12. The predicted octanol–water partition coefficient (Wildman–Crippen LogP) is 2.72. The lowest BCUT2D eigenvalue weighted by Crippen LogP contribution is -2.05. The Morgan fingerprint density at radius 2 is 1.79 bits per heavy atom. The first-order chi connectivity index (χ1) is 6.49. The predicted molar refractivity (Wildman–Crippen MR) is 59.1 cm³/mol. The Kier molecular flexibility index (Phi) is 4.10. The molecule has 0 aliphatic heterocycles. The molecule has 5 heteroatoms. The number of carbonyl (C=O) groups is 1. The van der Waals surface area contributed by atoms with E-state index < -0.39 is 12.1 Å². The van der Waals surface area contributed by atoms with Gasteiger partial charge in [-0.15, -0.1) is 0 Å². The zero-order valence-corrected chi connectivity index (χ0v) is 10.2. The van der Waals surface area contributed by atoms with Crippen molar-refractivity contribution in [2.45, 2.75) is 12.5 Å². The standard InChI is InChI=1S/C9H8Br2O3/c10-6-1-5(2-7(11)3-6)8(12)4-9(13)14/h1-3,8,12H,4H2,(H,13,14). The van der Waals surface area contributed by atoms with Gasteiger partial charge in [-0.05, 0) is 23.8 Å². The van der Waals surface area contributed by atoms with Crippen LogP contribution in [0.3, 0.4) is 0 Å². The van der Waals surface area contributed by atoms with Gasteiger partial charge in [-0.25, -0.2) is 0 Å². The molecule has 1 atom stereocenters. The van der Waals surface area contributed by atoms with E-state index in [1.54, 1.807) is 12.1 Å². The molecule has 1 aromatic rings. The second-order valence-corrected chi connectivity index (χ2v) is 4.65. The normalized spacial score (nSPS) is 12.5. The minimum absolute atomic E-state index is 0.289. The molecule has 0 saturated carbocycles. The van der Waals surface area contributed by atoms with E-state index in [1.807, 2.05) is 6.07 Å². The van der Waals surface area contributed by atoms with Crippen molar-refractivity contribution in [3.63, 3.8) is 0 Å². The van der Waals surface area contributed by atoms with Crippen LogP contribution in [0.2, 0.25) is 0 Å². The van der Waals surface area contributed by atoms with Crippen LogP contribution in [0.15, 0.2) is 27.1 Å². The van der Waals surface area contributed by atoms with Crippen molar-refractivity contribution in [3.8, 4) is 0 Å². The molecule has 0 heterocycles. The topological polar surface area (TPSA) is 57.5 Å². The second kappa shape index (κ2) is 4.91. The Hall–Kier alpha value is -0.390. The molecule has 76 valence electrons. The maximum atomic E-state index is 10.4. The van der Waals surface area contributed by atoms with Crippen LogP contribution in [0.1, 0.15) is 18.1 Å². The molecule has 0 spiro atoms. The van der Waals surface area contributed by atoms with Crippen molar-refractivity contribution in [2.24, 2.45) is 0 Å². The van der Waals surface area contributed by atoms with Gasteiger partial charge < -0.3 is 10.2 Å². The lowest BCUT2D eigenvalue weighted by atomic mass is 10.1. The SMILES string of the molecule is O=C(O)CC(O)c1cc(Br)cc(Br)c1. The summed E-state index contributed by atoms with van der Waals surface area (Å²) in [5, 5.41) is 18.0. The summed E-state index contributed by atoms with van der Waals surface area (Å²) in [4.78, 5) is 10.4. The van der Waals surface area contributed by atoms with Crippen LogP contribution in [-0.2, 0) is 4.79 Å². The lowest BCUT2D eigenvalue weighted by Gasteiger charge is -2.09. The number of aliphatic carboxylic acids is 1. The Balaban J connectivity index is 2.89. The van der Waals surface area contributed by atoms with E-state index in [4.69, 9.17) is 5.11 Å². The van der Waals surface area contributed by atoms with E-state index in [0.717, 1.165) is 8.95 Å². The number of carboxylic acid groups (broad SMARTS) is 1. The molecule has 0 radical (unpaired) electrons. The number of rotatable bonds is 3. The van der Waals surface area contributed by atoms with Crippen molar-refractivity contribution in [1.29, 1.82) is 0 Å². The summed E-state index contributed by atoms with van der Waals surface area (Å²) < 4.78 is 1.60. The van der Waals surface area contributed by atoms with Gasteiger partial charge in [-0.1, -0.05) is 31.9 Å². The summed E-state index contributed by atoms with van der Waals surface area (Å²) in [5.74, 6) is -1.02. The molecule has 0 amide bonds. The number of halogens is 2. The molecule has 0 saturated heterocycles. The fourth-order valence-corrected chi connectivity index (χ4v) is 2.38. The number of hydrogen-bond donors (Lipinski definition) is 2. The van der Waals surface area contributed by atoms with Crippen LogP contribution in [0, 0.1) is 0 Å². The summed E-state index contributed by atoms with van der Waals surface area (Å²) in [6, 6.07) is 5.20. The number of hydrogen-bond acceptors (Lipinski definition) is 2. The van der Waals surface area contributed by atoms with E-state index in [1.165, 1.54) is 0 Å². The monoisotopic (exact) mass is 322 g/mol. The largest absolute Gasteiger partial charge is 0.481 e. The molecule has 14 heavy (non-hydrogen) atoms. The smallest absolute Gasteiger partial charge is 0.306 e. The first kappa shape index (κ1) is 11.7. The highest BCUT2D eigenvalue weighted by atomic mass is 79.9. The molecule has 0 aromatic heterocycles. The van der Waals surface area contributed by atoms with Crippen molar-refractivity contribution in [3.05, 3.63) is 32.7 Å². The van der Waals surface area contributed by atoms with Crippen LogP contribution in [0.5, 0.6) is 0 Å². The van der Waals surface area contributed by atoms with Crippen molar-refractivity contribution in [1.82, 2.24) is 0 Å². The van der Waals surface area contributed by atoms with Gasteiger partial charge in [0, 0.05) is 8.95 Å². The Bertz CT molecular complexity index is 332. The van der Waals surface area contributed by atoms with Gasteiger partial charge in [0.2, 0.25) is 0 Å². The zero-order chi connectivity index (χ0) is 10.7. The summed E-state index contributed by atoms with van der Waals surface area (Å²) in [6.45, 7) is 0. The number of aliphatic hydroxyl groups is 1. The summed E-state index contributed by atoms with van der Waals surface area (Å²) in [5.41, 5.74) is 0.577. The highest BCUT2D eigenvalue weighted by molar-refractivity contribution is 9.11. The molecule has 0 bridgehead atoms. The third kappa shape index (κ3) is 3.40. The van der Waals surface area contributed by atoms with Crippen molar-refractivity contribution >= 4 is 37.8 Å².